The quantitative estimate of drug-likeness (QED) is 0.773. The minimum atomic E-state index is 0.0347. The SMILES string of the molecule is CC(=O)C1=NCCc2c1[nH]c1ccccc21. The third-order valence-electron chi connectivity index (χ3n) is 3.02. The number of hydrogen-bond donors (Lipinski definition) is 1. The van der Waals surface area contributed by atoms with Crippen LogP contribution in [0.15, 0.2) is 29.3 Å². The number of H-pyrrole nitrogens is 1. The van der Waals surface area contributed by atoms with Gasteiger partial charge in [0.25, 0.3) is 0 Å². The zero-order chi connectivity index (χ0) is 11.1. The molecule has 1 aliphatic rings. The molecule has 0 amide bonds. The molecule has 0 saturated carbocycles. The van der Waals surface area contributed by atoms with Crippen molar-refractivity contribution in [2.75, 3.05) is 6.54 Å². The van der Waals surface area contributed by atoms with E-state index in [-0.39, 0.29) is 5.78 Å². The summed E-state index contributed by atoms with van der Waals surface area (Å²) in [6, 6.07) is 8.14. The average molecular weight is 212 g/mol. The Morgan fingerprint density at radius 1 is 1.38 bits per heavy atom. The van der Waals surface area contributed by atoms with Crippen molar-refractivity contribution in [1.29, 1.82) is 0 Å². The molecule has 1 N–H and O–H groups in total. The summed E-state index contributed by atoms with van der Waals surface area (Å²) in [6.07, 6.45) is 0.913. The second kappa shape index (κ2) is 3.30. The molecule has 2 aromatic rings. The number of aromatic amines is 1. The van der Waals surface area contributed by atoms with E-state index in [2.05, 4.69) is 16.0 Å². The first-order valence-electron chi connectivity index (χ1n) is 5.42. The number of Topliss-reactive ketones (excluding diaryl/α,β-unsaturated/α-hetero) is 1. The molecule has 0 radical (unpaired) electrons. The second-order valence-corrected chi connectivity index (χ2v) is 4.06. The number of benzene rings is 1. The topological polar surface area (TPSA) is 45.2 Å². The summed E-state index contributed by atoms with van der Waals surface area (Å²) in [7, 11) is 0. The average Bonchev–Trinajstić information content (AvgIpc) is 2.67. The summed E-state index contributed by atoms with van der Waals surface area (Å²) in [4.78, 5) is 19.1. The maximum absolute atomic E-state index is 11.5. The first-order valence-corrected chi connectivity index (χ1v) is 5.42. The number of carbonyl (C=O) groups excluding carboxylic acids is 1. The molecule has 0 aliphatic carbocycles. The number of carbonyl (C=O) groups is 1. The Bertz CT molecular complexity index is 607. The van der Waals surface area contributed by atoms with Gasteiger partial charge in [0.15, 0.2) is 5.78 Å². The third-order valence-corrected chi connectivity index (χ3v) is 3.02. The summed E-state index contributed by atoms with van der Waals surface area (Å²) in [5.41, 5.74) is 3.83. The first kappa shape index (κ1) is 9.33. The maximum Gasteiger partial charge on any atom is 0.179 e. The third kappa shape index (κ3) is 1.21. The zero-order valence-corrected chi connectivity index (χ0v) is 9.08. The van der Waals surface area contributed by atoms with E-state index in [1.807, 2.05) is 18.2 Å². The van der Waals surface area contributed by atoms with Gasteiger partial charge < -0.3 is 4.98 Å². The summed E-state index contributed by atoms with van der Waals surface area (Å²) in [5, 5.41) is 1.21. The van der Waals surface area contributed by atoms with Gasteiger partial charge in [0.1, 0.15) is 5.71 Å². The van der Waals surface area contributed by atoms with Gasteiger partial charge in [0.2, 0.25) is 0 Å². The Balaban J connectivity index is 2.31. The lowest BCUT2D eigenvalue weighted by Gasteiger charge is -2.10. The molecule has 1 aliphatic heterocycles. The van der Waals surface area contributed by atoms with Crippen LogP contribution in [0.4, 0.5) is 0 Å². The van der Waals surface area contributed by atoms with Gasteiger partial charge in [-0.3, -0.25) is 9.79 Å². The van der Waals surface area contributed by atoms with E-state index >= 15 is 0 Å². The van der Waals surface area contributed by atoms with Gasteiger partial charge >= 0.3 is 0 Å². The largest absolute Gasteiger partial charge is 0.353 e. The summed E-state index contributed by atoms with van der Waals surface area (Å²) in [6.45, 7) is 2.28. The van der Waals surface area contributed by atoms with Gasteiger partial charge in [-0.2, -0.15) is 0 Å². The van der Waals surface area contributed by atoms with Crippen molar-refractivity contribution >= 4 is 22.4 Å². The van der Waals surface area contributed by atoms with Crippen LogP contribution < -0.4 is 0 Å². The first-order chi connectivity index (χ1) is 7.77. The van der Waals surface area contributed by atoms with Crippen molar-refractivity contribution < 1.29 is 4.79 Å². The molecule has 1 aromatic heterocycles. The maximum atomic E-state index is 11.5. The van der Waals surface area contributed by atoms with Crippen molar-refractivity contribution in [1.82, 2.24) is 4.98 Å². The smallest absolute Gasteiger partial charge is 0.179 e. The number of ketones is 1. The Labute approximate surface area is 93.2 Å². The van der Waals surface area contributed by atoms with E-state index < -0.39 is 0 Å². The molecule has 80 valence electrons. The highest BCUT2D eigenvalue weighted by molar-refractivity contribution is 6.46. The van der Waals surface area contributed by atoms with Crippen LogP contribution in [0, 0.1) is 0 Å². The Morgan fingerprint density at radius 2 is 2.19 bits per heavy atom. The highest BCUT2D eigenvalue weighted by atomic mass is 16.1. The molecule has 3 heteroatoms. The molecule has 3 nitrogen and oxygen atoms in total. The number of aromatic nitrogens is 1. The summed E-state index contributed by atoms with van der Waals surface area (Å²) < 4.78 is 0. The lowest BCUT2D eigenvalue weighted by Crippen LogP contribution is -2.19. The number of nitrogens with zero attached hydrogens (tertiary/aromatic N) is 1. The molecule has 2 heterocycles. The molecule has 0 spiro atoms. The Kier molecular flexibility index (Phi) is 1.93. The molecular weight excluding hydrogens is 200 g/mol. The molecule has 0 fully saturated rings. The molecule has 0 bridgehead atoms. The fraction of sp³-hybridized carbons (Fsp3) is 0.231. The molecule has 0 unspecified atom stereocenters. The number of para-hydroxylation sites is 1. The minimum absolute atomic E-state index is 0.0347. The van der Waals surface area contributed by atoms with Crippen LogP contribution in [-0.2, 0) is 11.2 Å². The predicted molar refractivity (Wildman–Crippen MR) is 64.1 cm³/mol. The van der Waals surface area contributed by atoms with Crippen LogP contribution in [0.2, 0.25) is 0 Å². The lowest BCUT2D eigenvalue weighted by atomic mass is 10.0. The summed E-state index contributed by atoms with van der Waals surface area (Å²) >= 11 is 0. The molecule has 0 saturated heterocycles. The Morgan fingerprint density at radius 3 is 3.00 bits per heavy atom. The predicted octanol–water partition coefficient (Wildman–Crippen LogP) is 2.10. The number of rotatable bonds is 1. The van der Waals surface area contributed by atoms with Crippen LogP contribution in [0.5, 0.6) is 0 Å². The van der Waals surface area contributed by atoms with Crippen molar-refractivity contribution in [3.05, 3.63) is 35.5 Å². The van der Waals surface area contributed by atoms with E-state index in [1.54, 1.807) is 6.92 Å². The van der Waals surface area contributed by atoms with Crippen molar-refractivity contribution in [3.63, 3.8) is 0 Å². The van der Waals surface area contributed by atoms with Gasteiger partial charge in [-0.25, -0.2) is 0 Å². The van der Waals surface area contributed by atoms with Crippen LogP contribution in [0.3, 0.4) is 0 Å². The van der Waals surface area contributed by atoms with Crippen molar-refractivity contribution in [2.45, 2.75) is 13.3 Å². The highest BCUT2D eigenvalue weighted by Gasteiger charge is 2.21. The summed E-state index contributed by atoms with van der Waals surface area (Å²) in [5.74, 6) is 0.0347. The van der Waals surface area contributed by atoms with Gasteiger partial charge in [-0.15, -0.1) is 0 Å². The Hall–Kier alpha value is -1.90. The van der Waals surface area contributed by atoms with E-state index in [9.17, 15) is 4.79 Å². The van der Waals surface area contributed by atoms with E-state index in [0.29, 0.717) is 12.3 Å². The van der Waals surface area contributed by atoms with E-state index in [0.717, 1.165) is 17.6 Å². The van der Waals surface area contributed by atoms with Gasteiger partial charge in [-0.1, -0.05) is 18.2 Å². The van der Waals surface area contributed by atoms with Crippen LogP contribution >= 0.6 is 0 Å². The van der Waals surface area contributed by atoms with Crippen molar-refractivity contribution in [2.24, 2.45) is 4.99 Å². The van der Waals surface area contributed by atoms with Gasteiger partial charge in [-0.05, 0) is 18.1 Å². The number of fused-ring (bicyclic) bond motifs is 3. The highest BCUT2D eigenvalue weighted by Crippen LogP contribution is 2.26. The van der Waals surface area contributed by atoms with E-state index in [1.165, 1.54) is 10.9 Å². The van der Waals surface area contributed by atoms with Crippen LogP contribution in [0.25, 0.3) is 10.9 Å². The van der Waals surface area contributed by atoms with E-state index in [4.69, 9.17) is 0 Å². The molecule has 16 heavy (non-hydrogen) atoms. The monoisotopic (exact) mass is 212 g/mol. The molecular formula is C13H12N2O. The van der Waals surface area contributed by atoms with Crippen LogP contribution in [0.1, 0.15) is 18.2 Å². The minimum Gasteiger partial charge on any atom is -0.353 e. The molecule has 1 aromatic carbocycles. The number of aliphatic imine (C=N–C) groups is 1. The lowest BCUT2D eigenvalue weighted by molar-refractivity contribution is -0.111. The molecule has 3 rings (SSSR count). The normalized spacial score (nSPS) is 14.7. The standard InChI is InChI=1S/C13H12N2O/c1-8(16)12-13-10(6-7-14-12)9-4-2-3-5-11(9)15-13/h2-5,15H,6-7H2,1H3. The van der Waals surface area contributed by atoms with Crippen molar-refractivity contribution in [3.8, 4) is 0 Å². The van der Waals surface area contributed by atoms with Gasteiger partial charge in [0.05, 0.1) is 5.69 Å². The van der Waals surface area contributed by atoms with Crippen LogP contribution in [-0.4, -0.2) is 23.0 Å². The number of nitrogens with one attached hydrogen (secondary N) is 1. The fourth-order valence-corrected chi connectivity index (χ4v) is 2.31. The fourth-order valence-electron chi connectivity index (χ4n) is 2.31. The second-order valence-electron chi connectivity index (χ2n) is 4.06. The zero-order valence-electron chi connectivity index (χ0n) is 9.08. The number of hydrogen-bond acceptors (Lipinski definition) is 2. The van der Waals surface area contributed by atoms with Gasteiger partial charge in [0, 0.05) is 24.4 Å². The molecule has 0 atom stereocenters.